The van der Waals surface area contributed by atoms with Crippen LogP contribution in [-0.2, 0) is 20.6 Å². The standard InChI is InChI=1S/C30H34BClN2O5/c1-28(2)29(3,4)39-31(38-28)21-7-5-18(6-8-21)17-34-26-22(9-10-24(32)23(26)16-33-34)25(35)11-19-12-30(13-19)14-20(15-30)27(36)37/h5-10,16,19-20H,11-15,17H2,1-4H3,(H,36,37). The molecule has 204 valence electrons. The molecule has 0 radical (unpaired) electrons. The van der Waals surface area contributed by atoms with Crippen molar-refractivity contribution in [3.8, 4) is 0 Å². The molecule has 3 aliphatic rings. The summed E-state index contributed by atoms with van der Waals surface area (Å²) in [6.45, 7) is 8.66. The number of benzene rings is 2. The molecule has 1 aliphatic heterocycles. The first kappa shape index (κ1) is 26.5. The lowest BCUT2D eigenvalue weighted by atomic mass is 9.47. The van der Waals surface area contributed by atoms with Crippen LogP contribution >= 0.6 is 11.6 Å². The number of aliphatic carboxylic acids is 1. The van der Waals surface area contributed by atoms with Crippen LogP contribution in [0.5, 0.6) is 0 Å². The second kappa shape index (κ2) is 9.18. The van der Waals surface area contributed by atoms with Crippen LogP contribution in [0.2, 0.25) is 5.02 Å². The van der Waals surface area contributed by atoms with E-state index in [0.717, 1.165) is 47.6 Å². The number of rotatable bonds is 7. The first-order valence-corrected chi connectivity index (χ1v) is 14.1. The van der Waals surface area contributed by atoms with Crippen LogP contribution in [-0.4, -0.2) is 45.0 Å². The number of Topliss-reactive ketones (excluding diaryl/α,β-unsaturated/α-hetero) is 1. The summed E-state index contributed by atoms with van der Waals surface area (Å²) in [7, 11) is -0.418. The fourth-order valence-electron chi connectivity index (χ4n) is 6.62. The van der Waals surface area contributed by atoms with Gasteiger partial charge in [-0.05, 0) is 87.9 Å². The Bertz CT molecular complexity index is 1430. The van der Waals surface area contributed by atoms with Crippen LogP contribution in [0.4, 0.5) is 0 Å². The molecule has 1 aromatic heterocycles. The number of carboxylic acids is 1. The molecule has 2 saturated carbocycles. The number of hydrogen-bond donors (Lipinski definition) is 1. The van der Waals surface area contributed by atoms with Crippen LogP contribution in [0.25, 0.3) is 10.9 Å². The lowest BCUT2D eigenvalue weighted by Gasteiger charge is -2.56. The molecule has 9 heteroatoms. The fourth-order valence-corrected chi connectivity index (χ4v) is 6.82. The minimum absolute atomic E-state index is 0.0866. The molecule has 1 saturated heterocycles. The highest BCUT2D eigenvalue weighted by Crippen LogP contribution is 2.62. The maximum atomic E-state index is 13.5. The highest BCUT2D eigenvalue weighted by molar-refractivity contribution is 6.62. The van der Waals surface area contributed by atoms with E-state index in [-0.39, 0.29) is 17.1 Å². The molecule has 3 fully saturated rings. The zero-order valence-corrected chi connectivity index (χ0v) is 23.6. The van der Waals surface area contributed by atoms with E-state index >= 15 is 0 Å². The first-order valence-electron chi connectivity index (χ1n) is 13.7. The van der Waals surface area contributed by atoms with Crippen LogP contribution in [0.3, 0.4) is 0 Å². The molecule has 0 atom stereocenters. The molecule has 2 aliphatic carbocycles. The lowest BCUT2D eigenvalue weighted by molar-refractivity contribution is -0.157. The van der Waals surface area contributed by atoms with E-state index in [1.54, 1.807) is 12.3 Å². The Kier molecular flexibility index (Phi) is 6.25. The quantitative estimate of drug-likeness (QED) is 0.310. The average molecular weight is 549 g/mol. The van der Waals surface area contributed by atoms with Crippen molar-refractivity contribution in [2.45, 2.75) is 77.5 Å². The molecule has 0 bridgehead atoms. The SMILES string of the molecule is CC1(C)OB(c2ccc(Cn3ncc4c(Cl)ccc(C(=O)CC5CC6(C5)CC(C(=O)O)C6)c43)cc2)OC1(C)C. The van der Waals surface area contributed by atoms with Crippen LogP contribution < -0.4 is 5.46 Å². The Labute approximate surface area is 234 Å². The van der Waals surface area contributed by atoms with Crippen molar-refractivity contribution in [2.24, 2.45) is 17.3 Å². The molecule has 39 heavy (non-hydrogen) atoms. The van der Waals surface area contributed by atoms with Crippen molar-refractivity contribution in [3.63, 3.8) is 0 Å². The predicted molar refractivity (Wildman–Crippen MR) is 150 cm³/mol. The minimum atomic E-state index is -0.695. The summed E-state index contributed by atoms with van der Waals surface area (Å²) in [5.74, 6) is -0.516. The number of carbonyl (C=O) groups excluding carboxylic acids is 1. The summed E-state index contributed by atoms with van der Waals surface area (Å²) in [4.78, 5) is 24.6. The topological polar surface area (TPSA) is 90.7 Å². The monoisotopic (exact) mass is 548 g/mol. The van der Waals surface area contributed by atoms with Crippen LogP contribution in [0.1, 0.15) is 75.7 Å². The number of aromatic nitrogens is 2. The van der Waals surface area contributed by atoms with Gasteiger partial charge in [0.2, 0.25) is 0 Å². The van der Waals surface area contributed by atoms with E-state index in [2.05, 4.69) is 5.10 Å². The zero-order valence-electron chi connectivity index (χ0n) is 22.9. The zero-order chi connectivity index (χ0) is 27.7. The van der Waals surface area contributed by atoms with Gasteiger partial charge in [0.05, 0.1) is 40.4 Å². The van der Waals surface area contributed by atoms with Gasteiger partial charge in [0, 0.05) is 17.4 Å². The van der Waals surface area contributed by atoms with Gasteiger partial charge in [-0.3, -0.25) is 14.3 Å². The number of halogens is 1. The second-order valence-corrected chi connectivity index (χ2v) is 13.2. The Morgan fingerprint density at radius 1 is 1.03 bits per heavy atom. The summed E-state index contributed by atoms with van der Waals surface area (Å²) in [5, 5.41) is 15.1. The van der Waals surface area contributed by atoms with Gasteiger partial charge >= 0.3 is 13.1 Å². The largest absolute Gasteiger partial charge is 0.494 e. The van der Waals surface area contributed by atoms with Crippen molar-refractivity contribution >= 4 is 46.8 Å². The van der Waals surface area contributed by atoms with Gasteiger partial charge in [-0.15, -0.1) is 0 Å². The maximum Gasteiger partial charge on any atom is 0.494 e. The molecule has 1 spiro atoms. The van der Waals surface area contributed by atoms with Crippen LogP contribution in [0, 0.1) is 17.3 Å². The van der Waals surface area contributed by atoms with E-state index in [9.17, 15) is 14.7 Å². The summed E-state index contributed by atoms with van der Waals surface area (Å²) in [6, 6.07) is 11.7. The summed E-state index contributed by atoms with van der Waals surface area (Å²) >= 11 is 6.50. The average Bonchev–Trinajstić information content (AvgIpc) is 3.32. The van der Waals surface area contributed by atoms with E-state index in [1.807, 2.05) is 62.7 Å². The fraction of sp³-hybridized carbons (Fsp3) is 0.500. The van der Waals surface area contributed by atoms with E-state index in [1.165, 1.54) is 0 Å². The van der Waals surface area contributed by atoms with Gasteiger partial charge in [0.15, 0.2) is 5.78 Å². The number of nitrogens with zero attached hydrogens (tertiary/aromatic N) is 2. The van der Waals surface area contributed by atoms with Crippen molar-refractivity contribution < 1.29 is 24.0 Å². The molecule has 7 nitrogen and oxygen atoms in total. The van der Waals surface area contributed by atoms with Crippen molar-refractivity contribution in [3.05, 3.63) is 58.7 Å². The van der Waals surface area contributed by atoms with E-state index < -0.39 is 24.3 Å². The number of hydrogen-bond acceptors (Lipinski definition) is 5. The molecule has 0 amide bonds. The third-order valence-electron chi connectivity index (χ3n) is 9.51. The Balaban J connectivity index is 1.17. The predicted octanol–water partition coefficient (Wildman–Crippen LogP) is 5.50. The number of carboxylic acid groups (broad SMARTS) is 1. The molecule has 2 heterocycles. The van der Waals surface area contributed by atoms with E-state index in [4.69, 9.17) is 20.9 Å². The minimum Gasteiger partial charge on any atom is -0.481 e. The van der Waals surface area contributed by atoms with Crippen molar-refractivity contribution in [1.29, 1.82) is 0 Å². The van der Waals surface area contributed by atoms with Gasteiger partial charge in [0.1, 0.15) is 0 Å². The summed E-state index contributed by atoms with van der Waals surface area (Å²) < 4.78 is 14.2. The Morgan fingerprint density at radius 2 is 1.67 bits per heavy atom. The van der Waals surface area contributed by atoms with Gasteiger partial charge in [-0.25, -0.2) is 0 Å². The van der Waals surface area contributed by atoms with E-state index in [0.29, 0.717) is 29.5 Å². The maximum absolute atomic E-state index is 13.5. The first-order chi connectivity index (χ1) is 18.4. The molecule has 0 unspecified atom stereocenters. The van der Waals surface area contributed by atoms with Gasteiger partial charge in [-0.1, -0.05) is 35.9 Å². The summed E-state index contributed by atoms with van der Waals surface area (Å²) in [5.41, 5.74) is 2.75. The smallest absolute Gasteiger partial charge is 0.481 e. The number of ketones is 1. The second-order valence-electron chi connectivity index (χ2n) is 12.8. The lowest BCUT2D eigenvalue weighted by Crippen LogP contribution is -2.50. The molecule has 3 aromatic rings. The Morgan fingerprint density at radius 3 is 2.28 bits per heavy atom. The Hall–Kier alpha value is -2.68. The molecular weight excluding hydrogens is 515 g/mol. The van der Waals surface area contributed by atoms with Crippen LogP contribution in [0.15, 0.2) is 42.6 Å². The highest BCUT2D eigenvalue weighted by atomic mass is 35.5. The molecule has 1 N–H and O–H groups in total. The number of fused-ring (bicyclic) bond motifs is 1. The molecule has 2 aromatic carbocycles. The van der Waals surface area contributed by atoms with Crippen molar-refractivity contribution in [1.82, 2.24) is 9.78 Å². The molecule has 6 rings (SSSR count). The third-order valence-corrected chi connectivity index (χ3v) is 9.84. The van der Waals surface area contributed by atoms with Gasteiger partial charge in [-0.2, -0.15) is 5.10 Å². The van der Waals surface area contributed by atoms with Crippen molar-refractivity contribution in [2.75, 3.05) is 0 Å². The van der Waals surface area contributed by atoms with Gasteiger partial charge in [0.25, 0.3) is 0 Å². The molecular formula is C30H34BClN2O5. The highest BCUT2D eigenvalue weighted by Gasteiger charge is 2.55. The summed E-state index contributed by atoms with van der Waals surface area (Å²) in [6.07, 6.45) is 5.56. The number of carbonyl (C=O) groups is 2. The normalized spacial score (nSPS) is 26.9. The van der Waals surface area contributed by atoms with Gasteiger partial charge < -0.3 is 14.4 Å². The third kappa shape index (κ3) is 4.60.